The van der Waals surface area contributed by atoms with E-state index in [0.29, 0.717) is 6.54 Å². The van der Waals surface area contributed by atoms with Crippen LogP contribution in [0.25, 0.3) is 10.8 Å². The largest absolute Gasteiger partial charge is 0.294 e. The first-order valence-corrected chi connectivity index (χ1v) is 7.03. The molecule has 21 heavy (non-hydrogen) atoms. The molecule has 0 saturated heterocycles. The van der Waals surface area contributed by atoms with Crippen molar-refractivity contribution in [2.24, 2.45) is 0 Å². The average molecular weight is 272 g/mol. The average Bonchev–Trinajstić information content (AvgIpc) is 2.56. The summed E-state index contributed by atoms with van der Waals surface area (Å²) in [5.41, 5.74) is 2.21. The third-order valence-corrected chi connectivity index (χ3v) is 3.62. The fourth-order valence-electron chi connectivity index (χ4n) is 2.54. The van der Waals surface area contributed by atoms with E-state index in [4.69, 9.17) is 0 Å². The summed E-state index contributed by atoms with van der Waals surface area (Å²) in [6.07, 6.45) is 0. The summed E-state index contributed by atoms with van der Waals surface area (Å²) in [5.74, 6) is 0. The molecule has 3 rings (SSSR count). The van der Waals surface area contributed by atoms with Gasteiger partial charge >= 0.3 is 0 Å². The first-order chi connectivity index (χ1) is 10.4. The molecule has 0 radical (unpaired) electrons. The van der Waals surface area contributed by atoms with Crippen LogP contribution in [0.15, 0.2) is 72.8 Å². The van der Waals surface area contributed by atoms with E-state index in [9.17, 15) is 5.26 Å². The summed E-state index contributed by atoms with van der Waals surface area (Å²) in [6.45, 7) is 0.683. The van der Waals surface area contributed by atoms with Gasteiger partial charge in [-0.2, -0.15) is 5.26 Å². The molecule has 0 aliphatic carbocycles. The highest BCUT2D eigenvalue weighted by atomic mass is 14.9. The third kappa shape index (κ3) is 2.94. The fourth-order valence-corrected chi connectivity index (χ4v) is 2.54. The molecule has 0 unspecified atom stereocenters. The van der Waals surface area contributed by atoms with Crippen LogP contribution < -0.4 is 5.32 Å². The van der Waals surface area contributed by atoms with E-state index in [1.165, 1.54) is 5.56 Å². The molecule has 0 aliphatic heterocycles. The number of nitrogens with zero attached hydrogens (tertiary/aromatic N) is 1. The summed E-state index contributed by atoms with van der Waals surface area (Å²) in [5, 5.41) is 15.1. The second kappa shape index (κ2) is 6.21. The van der Waals surface area contributed by atoms with Crippen molar-refractivity contribution in [1.29, 1.82) is 5.26 Å². The van der Waals surface area contributed by atoms with Crippen LogP contribution in [-0.4, -0.2) is 0 Å². The van der Waals surface area contributed by atoms with Crippen LogP contribution >= 0.6 is 0 Å². The van der Waals surface area contributed by atoms with Gasteiger partial charge in [0.2, 0.25) is 0 Å². The number of benzene rings is 3. The van der Waals surface area contributed by atoms with Gasteiger partial charge in [-0.3, -0.25) is 5.32 Å². The summed E-state index contributed by atoms with van der Waals surface area (Å²) >= 11 is 0. The highest BCUT2D eigenvalue weighted by Gasteiger charge is 2.12. The second-order valence-electron chi connectivity index (χ2n) is 5.00. The maximum absolute atomic E-state index is 9.50. The molecule has 1 N–H and O–H groups in total. The van der Waals surface area contributed by atoms with E-state index in [-0.39, 0.29) is 6.04 Å². The number of fused-ring (bicyclic) bond motifs is 1. The fraction of sp³-hybridized carbons (Fsp3) is 0.105. The number of nitrogens with one attached hydrogen (secondary N) is 1. The Kier molecular flexibility index (Phi) is 3.95. The van der Waals surface area contributed by atoms with Crippen molar-refractivity contribution in [3.63, 3.8) is 0 Å². The molecular formula is C19H16N2. The van der Waals surface area contributed by atoms with Crippen LogP contribution in [0.3, 0.4) is 0 Å². The minimum Gasteiger partial charge on any atom is -0.294 e. The number of nitriles is 1. The van der Waals surface area contributed by atoms with E-state index in [2.05, 4.69) is 41.7 Å². The van der Waals surface area contributed by atoms with Crippen molar-refractivity contribution < 1.29 is 0 Å². The molecule has 3 aromatic carbocycles. The Balaban J connectivity index is 1.87. The zero-order chi connectivity index (χ0) is 14.5. The molecule has 2 nitrogen and oxygen atoms in total. The summed E-state index contributed by atoms with van der Waals surface area (Å²) in [6, 6.07) is 26.5. The summed E-state index contributed by atoms with van der Waals surface area (Å²) in [4.78, 5) is 0. The van der Waals surface area contributed by atoms with E-state index < -0.39 is 0 Å². The van der Waals surface area contributed by atoms with Gasteiger partial charge in [0.15, 0.2) is 0 Å². The molecule has 0 bridgehead atoms. The van der Waals surface area contributed by atoms with Gasteiger partial charge in [0.1, 0.15) is 6.04 Å². The zero-order valence-electron chi connectivity index (χ0n) is 11.7. The molecule has 0 amide bonds. The van der Waals surface area contributed by atoms with Crippen molar-refractivity contribution in [1.82, 2.24) is 5.32 Å². The van der Waals surface area contributed by atoms with Gasteiger partial charge in [-0.1, -0.05) is 72.8 Å². The van der Waals surface area contributed by atoms with Gasteiger partial charge < -0.3 is 0 Å². The molecular weight excluding hydrogens is 256 g/mol. The lowest BCUT2D eigenvalue weighted by Crippen LogP contribution is -2.19. The zero-order valence-corrected chi connectivity index (χ0v) is 11.7. The first kappa shape index (κ1) is 13.4. The molecule has 0 spiro atoms. The lowest BCUT2D eigenvalue weighted by Gasteiger charge is -2.14. The van der Waals surface area contributed by atoms with Gasteiger partial charge in [-0.15, -0.1) is 0 Å². The van der Waals surface area contributed by atoms with Gasteiger partial charge in [-0.25, -0.2) is 0 Å². The van der Waals surface area contributed by atoms with E-state index >= 15 is 0 Å². The lowest BCUT2D eigenvalue weighted by atomic mass is 9.99. The molecule has 3 aromatic rings. The van der Waals surface area contributed by atoms with E-state index in [1.807, 2.05) is 42.5 Å². The second-order valence-corrected chi connectivity index (χ2v) is 5.00. The number of hydrogen-bond acceptors (Lipinski definition) is 2. The highest BCUT2D eigenvalue weighted by molar-refractivity contribution is 5.86. The van der Waals surface area contributed by atoms with Crippen LogP contribution in [0, 0.1) is 11.3 Å². The predicted octanol–water partition coefficient (Wildman–Crippen LogP) is 4.19. The Morgan fingerprint density at radius 2 is 1.57 bits per heavy atom. The van der Waals surface area contributed by atoms with Crippen LogP contribution in [-0.2, 0) is 6.54 Å². The van der Waals surface area contributed by atoms with Crippen LogP contribution in [0.1, 0.15) is 17.2 Å². The quantitative estimate of drug-likeness (QED) is 0.772. The molecule has 0 aliphatic rings. The first-order valence-electron chi connectivity index (χ1n) is 7.03. The van der Waals surface area contributed by atoms with Gasteiger partial charge in [0.05, 0.1) is 6.07 Å². The molecule has 0 fully saturated rings. The van der Waals surface area contributed by atoms with Crippen molar-refractivity contribution in [2.75, 3.05) is 0 Å². The van der Waals surface area contributed by atoms with Crippen molar-refractivity contribution in [3.8, 4) is 6.07 Å². The molecule has 102 valence electrons. The summed E-state index contributed by atoms with van der Waals surface area (Å²) in [7, 11) is 0. The lowest BCUT2D eigenvalue weighted by molar-refractivity contribution is 0.634. The normalized spacial score (nSPS) is 12.0. The minimum absolute atomic E-state index is 0.309. The Bertz CT molecular complexity index is 767. The Morgan fingerprint density at radius 1 is 0.857 bits per heavy atom. The smallest absolute Gasteiger partial charge is 0.122 e. The topological polar surface area (TPSA) is 35.8 Å². The van der Waals surface area contributed by atoms with Crippen molar-refractivity contribution in [3.05, 3.63) is 83.9 Å². The summed E-state index contributed by atoms with van der Waals surface area (Å²) < 4.78 is 0. The maximum Gasteiger partial charge on any atom is 0.122 e. The third-order valence-electron chi connectivity index (χ3n) is 3.62. The molecule has 0 saturated carbocycles. The number of hydrogen-bond donors (Lipinski definition) is 1. The van der Waals surface area contributed by atoms with E-state index in [1.54, 1.807) is 0 Å². The van der Waals surface area contributed by atoms with E-state index in [0.717, 1.165) is 16.3 Å². The predicted molar refractivity (Wildman–Crippen MR) is 85.6 cm³/mol. The Labute approximate surface area is 124 Å². The molecule has 1 atom stereocenters. The van der Waals surface area contributed by atoms with Crippen molar-refractivity contribution >= 4 is 10.8 Å². The Morgan fingerprint density at radius 3 is 2.38 bits per heavy atom. The van der Waals surface area contributed by atoms with Crippen LogP contribution in [0.5, 0.6) is 0 Å². The monoisotopic (exact) mass is 272 g/mol. The van der Waals surface area contributed by atoms with Gasteiger partial charge in [-0.05, 0) is 21.9 Å². The van der Waals surface area contributed by atoms with Crippen molar-refractivity contribution in [2.45, 2.75) is 12.6 Å². The molecule has 0 aromatic heterocycles. The standard InChI is InChI=1S/C19H16N2/c20-13-19(21-14-15-7-2-1-3-8-15)18-12-6-10-16-9-4-5-11-17(16)18/h1-12,19,21H,14H2/t19-/m0/s1. The molecule has 2 heteroatoms. The van der Waals surface area contributed by atoms with Gasteiger partial charge in [0.25, 0.3) is 0 Å². The van der Waals surface area contributed by atoms with Crippen LogP contribution in [0.4, 0.5) is 0 Å². The highest BCUT2D eigenvalue weighted by Crippen LogP contribution is 2.24. The minimum atomic E-state index is -0.309. The molecule has 0 heterocycles. The number of rotatable bonds is 4. The van der Waals surface area contributed by atoms with Crippen LogP contribution in [0.2, 0.25) is 0 Å². The maximum atomic E-state index is 9.50. The van der Waals surface area contributed by atoms with Gasteiger partial charge in [0, 0.05) is 6.54 Å². The SMILES string of the molecule is N#C[C@H](NCc1ccccc1)c1cccc2ccccc12. The Hall–Kier alpha value is -2.63.